The van der Waals surface area contributed by atoms with Gasteiger partial charge < -0.3 is 19.5 Å². The van der Waals surface area contributed by atoms with Crippen molar-refractivity contribution < 1.29 is 23.8 Å². The average molecular weight is 408 g/mol. The van der Waals surface area contributed by atoms with E-state index in [4.69, 9.17) is 14.2 Å². The summed E-state index contributed by atoms with van der Waals surface area (Å²) >= 11 is 0. The minimum absolute atomic E-state index is 0.114. The van der Waals surface area contributed by atoms with Gasteiger partial charge in [0.2, 0.25) is 0 Å². The number of ether oxygens (including phenoxy) is 3. The molecule has 0 bridgehead atoms. The molecule has 0 aromatic heterocycles. The maximum absolute atomic E-state index is 13.1. The summed E-state index contributed by atoms with van der Waals surface area (Å²) in [5.74, 6) is 0.895. The van der Waals surface area contributed by atoms with Crippen LogP contribution in [0.1, 0.15) is 12.5 Å². The lowest BCUT2D eigenvalue weighted by molar-refractivity contribution is -0.136. The van der Waals surface area contributed by atoms with Gasteiger partial charge in [-0.1, -0.05) is 12.1 Å². The molecule has 2 aromatic carbocycles. The van der Waals surface area contributed by atoms with Crippen LogP contribution in [0, 0.1) is 0 Å². The second-order valence-corrected chi connectivity index (χ2v) is 6.41. The molecular weight excluding hydrogens is 384 g/mol. The van der Waals surface area contributed by atoms with Gasteiger partial charge >= 0.3 is 0 Å². The number of nitrogens with zero attached hydrogens (tertiary/aromatic N) is 1. The number of amides is 2. The average Bonchev–Trinajstić information content (AvgIpc) is 2.99. The van der Waals surface area contributed by atoms with Crippen molar-refractivity contribution in [2.45, 2.75) is 6.92 Å². The number of rotatable bonds is 9. The van der Waals surface area contributed by atoms with Crippen molar-refractivity contribution in [3.63, 3.8) is 0 Å². The predicted octanol–water partition coefficient (Wildman–Crippen LogP) is 3.48. The topological polar surface area (TPSA) is 77.1 Å². The summed E-state index contributed by atoms with van der Waals surface area (Å²) in [5.41, 5.74) is 1.66. The molecule has 0 saturated heterocycles. The molecule has 30 heavy (non-hydrogen) atoms. The van der Waals surface area contributed by atoms with Crippen LogP contribution in [-0.4, -0.2) is 44.1 Å². The van der Waals surface area contributed by atoms with E-state index in [1.54, 1.807) is 42.5 Å². The lowest BCUT2D eigenvalue weighted by Crippen LogP contribution is -2.32. The van der Waals surface area contributed by atoms with Gasteiger partial charge in [-0.2, -0.15) is 0 Å². The smallest absolute Gasteiger partial charge is 0.278 e. The largest absolute Gasteiger partial charge is 0.494 e. The zero-order chi connectivity index (χ0) is 21.7. The van der Waals surface area contributed by atoms with Crippen LogP contribution >= 0.6 is 0 Å². The monoisotopic (exact) mass is 408 g/mol. The Labute approximate surface area is 175 Å². The van der Waals surface area contributed by atoms with Gasteiger partial charge in [0.1, 0.15) is 11.4 Å². The van der Waals surface area contributed by atoms with Crippen LogP contribution in [0.5, 0.6) is 17.2 Å². The molecule has 0 fully saturated rings. The first-order chi connectivity index (χ1) is 14.5. The van der Waals surface area contributed by atoms with Crippen LogP contribution in [0.15, 0.2) is 60.8 Å². The third-order valence-electron chi connectivity index (χ3n) is 4.59. The molecule has 1 aliphatic heterocycles. The Balaban J connectivity index is 2.05. The summed E-state index contributed by atoms with van der Waals surface area (Å²) in [4.78, 5) is 27.2. The van der Waals surface area contributed by atoms with Crippen molar-refractivity contribution >= 4 is 23.1 Å². The Bertz CT molecular complexity index is 995. The maximum Gasteiger partial charge on any atom is 0.278 e. The first-order valence-corrected chi connectivity index (χ1v) is 9.47. The van der Waals surface area contributed by atoms with Crippen LogP contribution < -0.4 is 19.5 Å². The highest BCUT2D eigenvalue weighted by molar-refractivity contribution is 6.36. The number of carbonyl (C=O) groups is 2. The second kappa shape index (κ2) is 9.17. The highest BCUT2D eigenvalue weighted by Crippen LogP contribution is 2.35. The van der Waals surface area contributed by atoms with Gasteiger partial charge in [0, 0.05) is 12.2 Å². The second-order valence-electron chi connectivity index (χ2n) is 6.41. The SMILES string of the molecule is C=CCN1C(=O)C(Nc2ccc(OCC)cc2)=C(c2ccc(OC)c(OC)c2)C1=O. The van der Waals surface area contributed by atoms with Crippen molar-refractivity contribution in [3.8, 4) is 17.2 Å². The fourth-order valence-electron chi connectivity index (χ4n) is 3.19. The van der Waals surface area contributed by atoms with Crippen LogP contribution in [0.3, 0.4) is 0 Å². The van der Waals surface area contributed by atoms with Gasteiger partial charge in [0.25, 0.3) is 11.8 Å². The van der Waals surface area contributed by atoms with Gasteiger partial charge in [0.05, 0.1) is 26.4 Å². The number of carbonyl (C=O) groups excluding carboxylic acids is 2. The molecule has 1 aliphatic rings. The number of hydrogen-bond donors (Lipinski definition) is 1. The maximum atomic E-state index is 13.1. The normalized spacial score (nSPS) is 13.5. The van der Waals surface area contributed by atoms with Crippen molar-refractivity contribution in [1.82, 2.24) is 4.90 Å². The van der Waals surface area contributed by atoms with Crippen molar-refractivity contribution in [1.29, 1.82) is 0 Å². The molecule has 7 nitrogen and oxygen atoms in total. The number of hydrogen-bond acceptors (Lipinski definition) is 6. The predicted molar refractivity (Wildman–Crippen MR) is 115 cm³/mol. The summed E-state index contributed by atoms with van der Waals surface area (Å²) in [6.45, 7) is 6.22. The van der Waals surface area contributed by atoms with E-state index in [1.165, 1.54) is 20.3 Å². The molecule has 156 valence electrons. The molecule has 0 aliphatic carbocycles. The molecule has 1 heterocycles. The van der Waals surface area contributed by atoms with Crippen LogP contribution in [0.2, 0.25) is 0 Å². The van der Waals surface area contributed by atoms with E-state index in [-0.39, 0.29) is 17.8 Å². The van der Waals surface area contributed by atoms with Gasteiger partial charge in [-0.05, 0) is 48.9 Å². The molecular formula is C23H24N2O5. The number of anilines is 1. The number of methoxy groups -OCH3 is 2. The van der Waals surface area contributed by atoms with Gasteiger partial charge in [0.15, 0.2) is 11.5 Å². The van der Waals surface area contributed by atoms with E-state index in [0.717, 1.165) is 10.6 Å². The van der Waals surface area contributed by atoms with Gasteiger partial charge in [-0.15, -0.1) is 6.58 Å². The molecule has 0 unspecified atom stereocenters. The molecule has 0 spiro atoms. The van der Waals surface area contributed by atoms with Crippen LogP contribution in [0.4, 0.5) is 5.69 Å². The summed E-state index contributed by atoms with van der Waals surface area (Å²) in [6.07, 6.45) is 1.52. The van der Waals surface area contributed by atoms with Gasteiger partial charge in [-0.3, -0.25) is 14.5 Å². The molecule has 7 heteroatoms. The zero-order valence-corrected chi connectivity index (χ0v) is 17.2. The minimum Gasteiger partial charge on any atom is -0.494 e. The summed E-state index contributed by atoms with van der Waals surface area (Å²) in [7, 11) is 3.05. The minimum atomic E-state index is -0.418. The van der Waals surface area contributed by atoms with E-state index < -0.39 is 11.8 Å². The van der Waals surface area contributed by atoms with Crippen LogP contribution in [0.25, 0.3) is 5.57 Å². The Hall–Kier alpha value is -3.74. The van der Waals surface area contributed by atoms with E-state index in [2.05, 4.69) is 11.9 Å². The fourth-order valence-corrected chi connectivity index (χ4v) is 3.19. The molecule has 2 amide bonds. The Morgan fingerprint density at radius 2 is 1.70 bits per heavy atom. The van der Waals surface area contributed by atoms with E-state index >= 15 is 0 Å². The van der Waals surface area contributed by atoms with Crippen LogP contribution in [-0.2, 0) is 9.59 Å². The van der Waals surface area contributed by atoms with Gasteiger partial charge in [-0.25, -0.2) is 0 Å². The highest BCUT2D eigenvalue weighted by atomic mass is 16.5. The van der Waals surface area contributed by atoms with Crippen molar-refractivity contribution in [2.24, 2.45) is 0 Å². The third-order valence-corrected chi connectivity index (χ3v) is 4.59. The first-order valence-electron chi connectivity index (χ1n) is 9.47. The lowest BCUT2D eigenvalue weighted by atomic mass is 10.0. The molecule has 0 saturated carbocycles. The standard InChI is InChI=1S/C23H24N2O5/c1-5-13-25-22(26)20(15-7-12-18(28-3)19(14-15)29-4)21(23(25)27)24-16-8-10-17(11-9-16)30-6-2/h5,7-12,14,24H,1,6,13H2,2-4H3. The molecule has 2 aromatic rings. The number of benzene rings is 2. The zero-order valence-electron chi connectivity index (χ0n) is 17.2. The summed E-state index contributed by atoms with van der Waals surface area (Å²) in [6, 6.07) is 12.3. The van der Waals surface area contributed by atoms with E-state index in [1.807, 2.05) is 6.92 Å². The summed E-state index contributed by atoms with van der Waals surface area (Å²) < 4.78 is 16.1. The first kappa shape index (κ1) is 21.0. The molecule has 3 rings (SSSR count). The van der Waals surface area contributed by atoms with E-state index in [9.17, 15) is 9.59 Å². The summed E-state index contributed by atoms with van der Waals surface area (Å²) in [5, 5.41) is 3.10. The van der Waals surface area contributed by atoms with E-state index in [0.29, 0.717) is 29.4 Å². The lowest BCUT2D eigenvalue weighted by Gasteiger charge is -2.13. The fraction of sp³-hybridized carbons (Fsp3) is 0.217. The molecule has 1 N–H and O–H groups in total. The van der Waals surface area contributed by atoms with Crippen molar-refractivity contribution in [3.05, 3.63) is 66.4 Å². The third kappa shape index (κ3) is 4.00. The molecule has 0 radical (unpaired) electrons. The number of nitrogens with one attached hydrogen (secondary N) is 1. The van der Waals surface area contributed by atoms with Crippen molar-refractivity contribution in [2.75, 3.05) is 32.7 Å². The quantitative estimate of drug-likeness (QED) is 0.506. The Morgan fingerprint density at radius 3 is 2.30 bits per heavy atom. The highest BCUT2D eigenvalue weighted by Gasteiger charge is 2.38. The Kier molecular flexibility index (Phi) is 6.41. The molecule has 0 atom stereocenters. The Morgan fingerprint density at radius 1 is 1.00 bits per heavy atom. The number of imide groups is 1.